The maximum Gasteiger partial charge on any atom is 0.293 e. The molecule has 5 rings (SSSR count). The minimum Gasteiger partial charge on any atom is -0.487 e. The summed E-state index contributed by atoms with van der Waals surface area (Å²) < 4.78 is 16.5. The summed E-state index contributed by atoms with van der Waals surface area (Å²) in [6.07, 6.45) is 1.63. The zero-order valence-corrected chi connectivity index (χ0v) is 21.0. The predicted octanol–water partition coefficient (Wildman–Crippen LogP) is 7.19. The zero-order valence-electron chi connectivity index (χ0n) is 17.9. The Bertz CT molecular complexity index is 1360. The second-order valence-electron chi connectivity index (χ2n) is 7.67. The first kappa shape index (κ1) is 23.9. The highest BCUT2D eigenvalue weighted by molar-refractivity contribution is 8.18. The molecule has 2 aliphatic heterocycles. The predicted molar refractivity (Wildman–Crippen MR) is 136 cm³/mol. The van der Waals surface area contributed by atoms with Crippen LogP contribution in [0.2, 0.25) is 15.1 Å². The van der Waals surface area contributed by atoms with E-state index in [1.165, 1.54) is 0 Å². The van der Waals surface area contributed by atoms with Gasteiger partial charge in [-0.25, -0.2) is 0 Å². The summed E-state index contributed by atoms with van der Waals surface area (Å²) in [5.74, 6) is 1.16. The summed E-state index contributed by atoms with van der Waals surface area (Å²) in [5, 5.41) is 1.04. The number of benzene rings is 3. The minimum atomic E-state index is -0.409. The molecule has 2 amide bonds. The fourth-order valence-electron chi connectivity index (χ4n) is 3.50. The lowest BCUT2D eigenvalue weighted by Gasteiger charge is -2.14. The van der Waals surface area contributed by atoms with E-state index in [1.807, 2.05) is 12.1 Å². The van der Waals surface area contributed by atoms with E-state index in [0.29, 0.717) is 50.1 Å². The summed E-state index contributed by atoms with van der Waals surface area (Å²) in [5.41, 5.74) is 2.20. The van der Waals surface area contributed by atoms with Crippen LogP contribution in [0, 0.1) is 0 Å². The first-order valence-corrected chi connectivity index (χ1v) is 12.3. The van der Waals surface area contributed by atoms with E-state index in [2.05, 4.69) is 0 Å². The Kier molecular flexibility index (Phi) is 6.84. The van der Waals surface area contributed by atoms with Crippen LogP contribution in [0.15, 0.2) is 59.5 Å². The van der Waals surface area contributed by atoms with Gasteiger partial charge in [0.15, 0.2) is 11.5 Å². The molecule has 178 valence electrons. The van der Waals surface area contributed by atoms with Crippen molar-refractivity contribution in [3.63, 3.8) is 0 Å². The molecule has 35 heavy (non-hydrogen) atoms. The van der Waals surface area contributed by atoms with Gasteiger partial charge in [-0.3, -0.25) is 14.5 Å². The Hall–Kier alpha value is -2.84. The van der Waals surface area contributed by atoms with Gasteiger partial charge in [0.2, 0.25) is 6.79 Å². The molecule has 0 unspecified atom stereocenters. The Morgan fingerprint density at radius 1 is 0.943 bits per heavy atom. The SMILES string of the molecule is O=C1S/C(=C\c2ccc(OCc3ccc(Cl)cc3)c(Cl)c2)C(=O)N1Cc1cc2c(cc1Cl)OCO2. The highest BCUT2D eigenvalue weighted by atomic mass is 35.5. The largest absolute Gasteiger partial charge is 0.487 e. The third kappa shape index (κ3) is 5.23. The molecule has 6 nitrogen and oxygen atoms in total. The first-order valence-electron chi connectivity index (χ1n) is 10.4. The Morgan fingerprint density at radius 2 is 1.69 bits per heavy atom. The van der Waals surface area contributed by atoms with Gasteiger partial charge < -0.3 is 14.2 Å². The highest BCUT2D eigenvalue weighted by Crippen LogP contribution is 2.39. The number of carbonyl (C=O) groups excluding carboxylic acids is 2. The van der Waals surface area contributed by atoms with Crippen molar-refractivity contribution in [1.29, 1.82) is 0 Å². The van der Waals surface area contributed by atoms with Crippen molar-refractivity contribution >= 4 is 63.8 Å². The van der Waals surface area contributed by atoms with E-state index in [1.54, 1.807) is 48.5 Å². The fraction of sp³-hybridized carbons (Fsp3) is 0.120. The quantitative estimate of drug-likeness (QED) is 0.304. The Labute approximate surface area is 220 Å². The van der Waals surface area contributed by atoms with Crippen LogP contribution in [-0.4, -0.2) is 22.8 Å². The number of ether oxygens (including phenoxy) is 3. The van der Waals surface area contributed by atoms with Gasteiger partial charge in [-0.2, -0.15) is 0 Å². The third-order valence-corrected chi connectivity index (χ3v) is 7.11. The van der Waals surface area contributed by atoms with Crippen molar-refractivity contribution in [2.24, 2.45) is 0 Å². The molecule has 0 bridgehead atoms. The van der Waals surface area contributed by atoms with Crippen LogP contribution in [0.1, 0.15) is 16.7 Å². The number of nitrogens with zero attached hydrogens (tertiary/aromatic N) is 1. The zero-order chi connectivity index (χ0) is 24.5. The van der Waals surface area contributed by atoms with Crippen molar-refractivity contribution in [2.75, 3.05) is 6.79 Å². The molecule has 0 N–H and O–H groups in total. The molecule has 0 aliphatic carbocycles. The third-order valence-electron chi connectivity index (χ3n) is 5.30. The van der Waals surface area contributed by atoms with Crippen LogP contribution in [0.5, 0.6) is 17.2 Å². The molecule has 0 radical (unpaired) electrons. The number of fused-ring (bicyclic) bond motifs is 1. The first-order chi connectivity index (χ1) is 16.9. The van der Waals surface area contributed by atoms with Gasteiger partial charge in [-0.05, 0) is 64.9 Å². The molecule has 0 aromatic heterocycles. The minimum absolute atomic E-state index is 0.0235. The average Bonchev–Trinajstić information content (AvgIpc) is 3.39. The van der Waals surface area contributed by atoms with Gasteiger partial charge in [0.1, 0.15) is 12.4 Å². The fourth-order valence-corrected chi connectivity index (χ4v) is 4.93. The molecule has 3 aromatic carbocycles. The van der Waals surface area contributed by atoms with Crippen molar-refractivity contribution < 1.29 is 23.8 Å². The van der Waals surface area contributed by atoms with Gasteiger partial charge >= 0.3 is 0 Å². The van der Waals surface area contributed by atoms with E-state index >= 15 is 0 Å². The smallest absolute Gasteiger partial charge is 0.293 e. The second-order valence-corrected chi connectivity index (χ2v) is 9.91. The number of amides is 2. The summed E-state index contributed by atoms with van der Waals surface area (Å²) in [6.45, 7) is 0.459. The van der Waals surface area contributed by atoms with Crippen LogP contribution in [-0.2, 0) is 17.9 Å². The maximum atomic E-state index is 13.0. The molecule has 0 atom stereocenters. The van der Waals surface area contributed by atoms with Crippen molar-refractivity contribution in [1.82, 2.24) is 4.90 Å². The van der Waals surface area contributed by atoms with Crippen LogP contribution < -0.4 is 14.2 Å². The molecule has 1 fully saturated rings. The van der Waals surface area contributed by atoms with Gasteiger partial charge in [-0.15, -0.1) is 0 Å². The van der Waals surface area contributed by atoms with Crippen LogP contribution >= 0.6 is 46.6 Å². The summed E-state index contributed by atoms with van der Waals surface area (Å²) in [7, 11) is 0. The van der Waals surface area contributed by atoms with Gasteiger partial charge in [0.25, 0.3) is 11.1 Å². The van der Waals surface area contributed by atoms with E-state index in [9.17, 15) is 9.59 Å². The lowest BCUT2D eigenvalue weighted by molar-refractivity contribution is -0.123. The number of carbonyl (C=O) groups is 2. The van der Waals surface area contributed by atoms with Crippen molar-refractivity contribution in [3.8, 4) is 17.2 Å². The Balaban J connectivity index is 1.28. The molecule has 0 spiro atoms. The van der Waals surface area contributed by atoms with Crippen LogP contribution in [0.3, 0.4) is 0 Å². The number of halogens is 3. The van der Waals surface area contributed by atoms with E-state index in [4.69, 9.17) is 49.0 Å². The number of rotatable bonds is 6. The van der Waals surface area contributed by atoms with Gasteiger partial charge in [-0.1, -0.05) is 53.0 Å². The number of imide groups is 1. The van der Waals surface area contributed by atoms with E-state index in [-0.39, 0.29) is 23.5 Å². The standard InChI is InChI=1S/C25H16Cl3NO5S/c26-17-4-1-14(2-5-17)12-32-20-6-3-15(7-19(20)28)8-23-24(30)29(25(31)35-23)11-16-9-21-22(10-18(16)27)34-13-33-21/h1-10H,11-13H2/b23-8-. The van der Waals surface area contributed by atoms with Gasteiger partial charge in [0, 0.05) is 16.1 Å². The maximum absolute atomic E-state index is 13.0. The van der Waals surface area contributed by atoms with Crippen LogP contribution in [0.4, 0.5) is 4.79 Å². The molecular weight excluding hydrogens is 533 g/mol. The molecule has 2 heterocycles. The number of hydrogen-bond acceptors (Lipinski definition) is 6. The number of hydrogen-bond donors (Lipinski definition) is 0. The lowest BCUT2D eigenvalue weighted by Crippen LogP contribution is -2.27. The number of thioether (sulfide) groups is 1. The van der Waals surface area contributed by atoms with E-state index < -0.39 is 5.91 Å². The summed E-state index contributed by atoms with van der Waals surface area (Å²) >= 11 is 19.5. The molecule has 10 heteroatoms. The topological polar surface area (TPSA) is 65.1 Å². The molecular formula is C25H16Cl3NO5S. The highest BCUT2D eigenvalue weighted by Gasteiger charge is 2.35. The van der Waals surface area contributed by atoms with E-state index in [0.717, 1.165) is 22.2 Å². The Morgan fingerprint density at radius 3 is 2.43 bits per heavy atom. The lowest BCUT2D eigenvalue weighted by atomic mass is 10.1. The normalized spacial score (nSPS) is 15.9. The monoisotopic (exact) mass is 547 g/mol. The summed E-state index contributed by atoms with van der Waals surface area (Å²) in [4.78, 5) is 27.0. The molecule has 0 saturated carbocycles. The molecule has 1 saturated heterocycles. The van der Waals surface area contributed by atoms with Crippen LogP contribution in [0.25, 0.3) is 6.08 Å². The van der Waals surface area contributed by atoms with Crippen molar-refractivity contribution in [2.45, 2.75) is 13.2 Å². The van der Waals surface area contributed by atoms with Gasteiger partial charge in [0.05, 0.1) is 16.5 Å². The second kappa shape index (κ2) is 10.0. The molecule has 3 aromatic rings. The summed E-state index contributed by atoms with van der Waals surface area (Å²) in [6, 6.07) is 15.8. The van der Waals surface area contributed by atoms with Crippen molar-refractivity contribution in [3.05, 3.63) is 91.3 Å². The average molecular weight is 549 g/mol. The molecule has 2 aliphatic rings.